The van der Waals surface area contributed by atoms with Gasteiger partial charge in [0.2, 0.25) is 5.91 Å². The smallest absolute Gasteiger partial charge is 0.226 e. The predicted molar refractivity (Wildman–Crippen MR) is 123 cm³/mol. The number of guanidine groups is 1. The van der Waals surface area contributed by atoms with Crippen LogP contribution in [0.4, 0.5) is 5.69 Å². The zero-order chi connectivity index (χ0) is 19.1. The summed E-state index contributed by atoms with van der Waals surface area (Å²) in [6, 6.07) is 9.56. The summed E-state index contributed by atoms with van der Waals surface area (Å²) < 4.78 is 2.07. The van der Waals surface area contributed by atoms with Gasteiger partial charge in [0, 0.05) is 56.7 Å². The third-order valence-electron chi connectivity index (χ3n) is 4.20. The number of aliphatic imine (C=N–C) groups is 1. The van der Waals surface area contributed by atoms with E-state index in [1.54, 1.807) is 13.1 Å². The number of carbonyl (C=O) groups is 1. The molecule has 2 rings (SSSR count). The third-order valence-corrected chi connectivity index (χ3v) is 4.61. The first-order chi connectivity index (χ1) is 12.4. The molecular weight excluding hydrogens is 477 g/mol. The number of rotatable bonds is 6. The Kier molecular flexibility index (Phi) is 9.65. The molecule has 0 saturated carbocycles. The molecule has 1 amide bonds. The Morgan fingerprint density at radius 1 is 1.30 bits per heavy atom. The summed E-state index contributed by atoms with van der Waals surface area (Å²) in [6.45, 7) is 3.11. The minimum absolute atomic E-state index is 0. The number of benzene rings is 1. The van der Waals surface area contributed by atoms with Crippen molar-refractivity contribution in [2.24, 2.45) is 12.0 Å². The van der Waals surface area contributed by atoms with Crippen molar-refractivity contribution in [1.82, 2.24) is 14.8 Å². The molecule has 0 radical (unpaired) electrons. The topological polar surface area (TPSA) is 61.7 Å². The van der Waals surface area contributed by atoms with E-state index in [4.69, 9.17) is 11.6 Å². The summed E-state index contributed by atoms with van der Waals surface area (Å²) in [7, 11) is 5.72. The zero-order valence-electron chi connectivity index (χ0n) is 16.1. The van der Waals surface area contributed by atoms with Gasteiger partial charge in [0.15, 0.2) is 5.96 Å². The molecule has 0 aliphatic heterocycles. The molecule has 0 aliphatic carbocycles. The Bertz CT molecular complexity index is 790. The van der Waals surface area contributed by atoms with Crippen LogP contribution in [-0.2, 0) is 18.4 Å². The average molecular weight is 504 g/mol. The van der Waals surface area contributed by atoms with Gasteiger partial charge in [0.25, 0.3) is 0 Å². The van der Waals surface area contributed by atoms with Crippen LogP contribution in [0.2, 0.25) is 5.02 Å². The Hall–Kier alpha value is -1.74. The standard InChI is InChI=1S/C19H26ClN5O.HI/c1-14-16(20)8-5-9-17(14)23-18(26)10-11-22-19(21-2)25(4)13-15-7-6-12-24(15)3;/h5-9,12H,10-11,13H2,1-4H3,(H,21,22)(H,23,26);1H. The molecular formula is C19H27ClIN5O. The largest absolute Gasteiger partial charge is 0.356 e. The fourth-order valence-corrected chi connectivity index (χ4v) is 2.78. The van der Waals surface area contributed by atoms with Crippen molar-refractivity contribution < 1.29 is 4.79 Å². The molecule has 2 aromatic rings. The van der Waals surface area contributed by atoms with Crippen LogP contribution in [0.5, 0.6) is 0 Å². The van der Waals surface area contributed by atoms with Gasteiger partial charge in [-0.2, -0.15) is 0 Å². The van der Waals surface area contributed by atoms with E-state index < -0.39 is 0 Å². The number of carbonyl (C=O) groups excluding carboxylic acids is 1. The monoisotopic (exact) mass is 503 g/mol. The van der Waals surface area contributed by atoms with Crippen LogP contribution in [0.3, 0.4) is 0 Å². The fraction of sp³-hybridized carbons (Fsp3) is 0.368. The van der Waals surface area contributed by atoms with Gasteiger partial charge >= 0.3 is 0 Å². The molecule has 0 saturated heterocycles. The van der Waals surface area contributed by atoms with Crippen LogP contribution in [0.15, 0.2) is 41.5 Å². The van der Waals surface area contributed by atoms with E-state index in [0.717, 1.165) is 23.8 Å². The van der Waals surface area contributed by atoms with E-state index in [9.17, 15) is 4.79 Å². The number of hydrogen-bond donors (Lipinski definition) is 2. The third kappa shape index (κ3) is 6.73. The molecule has 0 fully saturated rings. The van der Waals surface area contributed by atoms with Crippen LogP contribution in [0.25, 0.3) is 0 Å². The first-order valence-electron chi connectivity index (χ1n) is 8.49. The maximum absolute atomic E-state index is 12.2. The van der Waals surface area contributed by atoms with Crippen LogP contribution >= 0.6 is 35.6 Å². The van der Waals surface area contributed by atoms with E-state index in [1.807, 2.05) is 50.3 Å². The van der Waals surface area contributed by atoms with Crippen LogP contribution in [0, 0.1) is 6.92 Å². The SMILES string of the molecule is CN=C(NCCC(=O)Nc1cccc(Cl)c1C)N(C)Cc1cccn1C.I. The Labute approximate surface area is 183 Å². The predicted octanol–water partition coefficient (Wildman–Crippen LogP) is 3.64. The van der Waals surface area contributed by atoms with Gasteiger partial charge in [-0.05, 0) is 36.8 Å². The fourth-order valence-electron chi connectivity index (χ4n) is 2.61. The molecule has 6 nitrogen and oxygen atoms in total. The molecule has 1 aromatic carbocycles. The van der Waals surface area contributed by atoms with Crippen LogP contribution in [-0.4, -0.2) is 42.0 Å². The van der Waals surface area contributed by atoms with Crippen LogP contribution in [0.1, 0.15) is 17.7 Å². The van der Waals surface area contributed by atoms with Gasteiger partial charge in [-0.25, -0.2) is 0 Å². The van der Waals surface area contributed by atoms with Gasteiger partial charge < -0.3 is 20.1 Å². The number of aromatic nitrogens is 1. The van der Waals surface area contributed by atoms with Crippen molar-refractivity contribution >= 4 is 53.1 Å². The molecule has 0 bridgehead atoms. The van der Waals surface area contributed by atoms with Crippen molar-refractivity contribution in [2.45, 2.75) is 19.9 Å². The second-order valence-electron chi connectivity index (χ2n) is 6.15. The highest BCUT2D eigenvalue weighted by Gasteiger charge is 2.10. The summed E-state index contributed by atoms with van der Waals surface area (Å²) in [4.78, 5) is 18.5. The van der Waals surface area contributed by atoms with E-state index >= 15 is 0 Å². The number of nitrogens with zero attached hydrogens (tertiary/aromatic N) is 3. The maximum Gasteiger partial charge on any atom is 0.226 e. The van der Waals surface area contributed by atoms with E-state index in [1.165, 1.54) is 5.69 Å². The first kappa shape index (κ1) is 23.3. The van der Waals surface area contributed by atoms with Gasteiger partial charge in [-0.15, -0.1) is 24.0 Å². The van der Waals surface area contributed by atoms with Gasteiger partial charge in [0.1, 0.15) is 0 Å². The minimum Gasteiger partial charge on any atom is -0.356 e. The summed E-state index contributed by atoms with van der Waals surface area (Å²) in [5.74, 6) is 0.682. The minimum atomic E-state index is -0.0663. The summed E-state index contributed by atoms with van der Waals surface area (Å²) in [5.41, 5.74) is 2.80. The van der Waals surface area contributed by atoms with Crippen molar-refractivity contribution in [3.8, 4) is 0 Å². The molecule has 1 aromatic heterocycles. The Morgan fingerprint density at radius 2 is 2.04 bits per heavy atom. The number of aryl methyl sites for hydroxylation is 1. The molecule has 2 N–H and O–H groups in total. The quantitative estimate of drug-likeness (QED) is 0.359. The number of hydrogen-bond acceptors (Lipinski definition) is 2. The Balaban J connectivity index is 0.00000364. The molecule has 8 heteroatoms. The molecule has 0 aliphatic rings. The maximum atomic E-state index is 12.2. The molecule has 148 valence electrons. The number of halogens is 2. The van der Waals surface area contributed by atoms with Crippen LogP contribution < -0.4 is 10.6 Å². The second-order valence-corrected chi connectivity index (χ2v) is 6.56. The number of amides is 1. The second kappa shape index (κ2) is 11.2. The Morgan fingerprint density at radius 3 is 2.67 bits per heavy atom. The summed E-state index contributed by atoms with van der Waals surface area (Å²) >= 11 is 6.08. The van der Waals surface area contributed by atoms with E-state index in [2.05, 4.69) is 26.3 Å². The normalized spacial score (nSPS) is 10.9. The summed E-state index contributed by atoms with van der Waals surface area (Å²) in [6.07, 6.45) is 2.35. The van der Waals surface area contributed by atoms with Gasteiger partial charge in [-0.3, -0.25) is 9.79 Å². The number of nitrogens with one attached hydrogen (secondary N) is 2. The highest BCUT2D eigenvalue weighted by Crippen LogP contribution is 2.22. The molecule has 0 atom stereocenters. The van der Waals surface area contributed by atoms with Crippen molar-refractivity contribution in [1.29, 1.82) is 0 Å². The highest BCUT2D eigenvalue weighted by atomic mass is 127. The van der Waals surface area contributed by atoms with Crippen molar-refractivity contribution in [3.05, 3.63) is 52.8 Å². The summed E-state index contributed by atoms with van der Waals surface area (Å²) in [5, 5.41) is 6.76. The number of anilines is 1. The lowest BCUT2D eigenvalue weighted by molar-refractivity contribution is -0.116. The van der Waals surface area contributed by atoms with Gasteiger partial charge in [-0.1, -0.05) is 17.7 Å². The van der Waals surface area contributed by atoms with Crippen molar-refractivity contribution in [2.75, 3.05) is 26.0 Å². The van der Waals surface area contributed by atoms with Crippen molar-refractivity contribution in [3.63, 3.8) is 0 Å². The average Bonchev–Trinajstić information content (AvgIpc) is 3.00. The lowest BCUT2D eigenvalue weighted by atomic mass is 10.2. The van der Waals surface area contributed by atoms with E-state index in [0.29, 0.717) is 18.0 Å². The molecule has 27 heavy (non-hydrogen) atoms. The zero-order valence-corrected chi connectivity index (χ0v) is 19.2. The lowest BCUT2D eigenvalue weighted by Gasteiger charge is -2.22. The molecule has 0 spiro atoms. The molecule has 1 heterocycles. The highest BCUT2D eigenvalue weighted by molar-refractivity contribution is 14.0. The van der Waals surface area contributed by atoms with E-state index in [-0.39, 0.29) is 29.9 Å². The van der Waals surface area contributed by atoms with Gasteiger partial charge in [0.05, 0.1) is 6.54 Å². The lowest BCUT2D eigenvalue weighted by Crippen LogP contribution is -2.40. The first-order valence-corrected chi connectivity index (χ1v) is 8.87. The molecule has 0 unspecified atom stereocenters.